The number of nitrogens with one attached hydrogen (secondary N) is 1. The standard InChI is InChI=1S/C25H33N7O/c1-17(2)25-26-19(4)14-22(28-25)31-12-10-30(11-13-31)16-24(33)27-23-15-20(5)29-32(23)21-8-6-18(3)7-9-21/h6-9,14-15,17H,10-13,16H2,1-5H3,(H,27,33). The fourth-order valence-corrected chi connectivity index (χ4v) is 3.99. The number of piperazine rings is 1. The van der Waals surface area contributed by atoms with Crippen molar-refractivity contribution in [2.75, 3.05) is 42.9 Å². The molecular weight excluding hydrogens is 414 g/mol. The van der Waals surface area contributed by atoms with Crippen LogP contribution in [0.25, 0.3) is 5.69 Å². The fourth-order valence-electron chi connectivity index (χ4n) is 3.99. The third-order valence-electron chi connectivity index (χ3n) is 5.82. The third kappa shape index (κ3) is 5.57. The van der Waals surface area contributed by atoms with Gasteiger partial charge < -0.3 is 10.2 Å². The first kappa shape index (κ1) is 22.9. The molecule has 0 saturated carbocycles. The molecule has 0 unspecified atom stereocenters. The Kier molecular flexibility index (Phi) is 6.74. The molecule has 1 amide bonds. The van der Waals surface area contributed by atoms with Gasteiger partial charge in [0.15, 0.2) is 0 Å². The Labute approximate surface area is 195 Å². The summed E-state index contributed by atoms with van der Waals surface area (Å²) in [5, 5.41) is 7.60. The molecule has 2 aromatic heterocycles. The van der Waals surface area contributed by atoms with Gasteiger partial charge in [-0.05, 0) is 32.9 Å². The summed E-state index contributed by atoms with van der Waals surface area (Å²) in [5.41, 5.74) is 3.97. The third-order valence-corrected chi connectivity index (χ3v) is 5.82. The second kappa shape index (κ2) is 9.70. The lowest BCUT2D eigenvalue weighted by Gasteiger charge is -2.35. The number of aromatic nitrogens is 4. The Morgan fingerprint density at radius 3 is 2.33 bits per heavy atom. The van der Waals surface area contributed by atoms with Gasteiger partial charge in [-0.3, -0.25) is 9.69 Å². The van der Waals surface area contributed by atoms with E-state index in [1.54, 1.807) is 4.68 Å². The molecule has 0 atom stereocenters. The maximum Gasteiger partial charge on any atom is 0.239 e. The predicted octanol–water partition coefficient (Wildman–Crippen LogP) is 3.47. The maximum atomic E-state index is 12.8. The summed E-state index contributed by atoms with van der Waals surface area (Å²) >= 11 is 0. The first-order chi connectivity index (χ1) is 15.8. The first-order valence-electron chi connectivity index (χ1n) is 11.5. The summed E-state index contributed by atoms with van der Waals surface area (Å²) in [7, 11) is 0. The number of carbonyl (C=O) groups excluding carboxylic acids is 1. The zero-order valence-electron chi connectivity index (χ0n) is 20.2. The molecule has 0 aliphatic carbocycles. The molecule has 0 spiro atoms. The number of hydrogen-bond acceptors (Lipinski definition) is 6. The summed E-state index contributed by atoms with van der Waals surface area (Å²) < 4.78 is 1.79. The predicted molar refractivity (Wildman–Crippen MR) is 131 cm³/mol. The zero-order chi connectivity index (χ0) is 23.5. The van der Waals surface area contributed by atoms with Gasteiger partial charge >= 0.3 is 0 Å². The number of benzene rings is 1. The number of hydrogen-bond donors (Lipinski definition) is 1. The van der Waals surface area contributed by atoms with Crippen LogP contribution >= 0.6 is 0 Å². The van der Waals surface area contributed by atoms with Gasteiger partial charge in [-0.2, -0.15) is 5.10 Å². The van der Waals surface area contributed by atoms with Crippen LogP contribution in [0.3, 0.4) is 0 Å². The summed E-state index contributed by atoms with van der Waals surface area (Å²) in [4.78, 5) is 26.6. The van der Waals surface area contributed by atoms with E-state index >= 15 is 0 Å². The van der Waals surface area contributed by atoms with E-state index in [0.29, 0.717) is 18.3 Å². The number of nitrogens with zero attached hydrogens (tertiary/aromatic N) is 6. The molecule has 1 N–H and O–H groups in total. The van der Waals surface area contributed by atoms with Crippen LogP contribution in [0.15, 0.2) is 36.4 Å². The minimum atomic E-state index is -0.0308. The molecule has 8 heteroatoms. The number of rotatable bonds is 6. The van der Waals surface area contributed by atoms with Crippen molar-refractivity contribution in [1.29, 1.82) is 0 Å². The Morgan fingerprint density at radius 2 is 1.67 bits per heavy atom. The van der Waals surface area contributed by atoms with E-state index < -0.39 is 0 Å². The van der Waals surface area contributed by atoms with E-state index in [2.05, 4.69) is 46.0 Å². The van der Waals surface area contributed by atoms with Gasteiger partial charge in [-0.15, -0.1) is 0 Å². The quantitative estimate of drug-likeness (QED) is 0.623. The van der Waals surface area contributed by atoms with E-state index in [1.165, 1.54) is 5.56 Å². The summed E-state index contributed by atoms with van der Waals surface area (Å²) in [5.74, 6) is 2.82. The maximum absolute atomic E-state index is 12.8. The lowest BCUT2D eigenvalue weighted by atomic mass is 10.2. The van der Waals surface area contributed by atoms with Crippen molar-refractivity contribution in [3.63, 3.8) is 0 Å². The minimum absolute atomic E-state index is 0.0308. The molecule has 1 fully saturated rings. The van der Waals surface area contributed by atoms with E-state index in [0.717, 1.165) is 54.9 Å². The van der Waals surface area contributed by atoms with Crippen molar-refractivity contribution in [2.45, 2.75) is 40.5 Å². The molecule has 174 valence electrons. The molecule has 0 radical (unpaired) electrons. The van der Waals surface area contributed by atoms with Gasteiger partial charge in [0.25, 0.3) is 0 Å². The van der Waals surface area contributed by atoms with Crippen LogP contribution < -0.4 is 10.2 Å². The van der Waals surface area contributed by atoms with E-state index in [1.807, 2.05) is 50.2 Å². The average Bonchev–Trinajstić information content (AvgIpc) is 3.14. The largest absolute Gasteiger partial charge is 0.354 e. The highest BCUT2D eigenvalue weighted by atomic mass is 16.2. The number of amides is 1. The molecule has 3 heterocycles. The molecule has 3 aromatic rings. The molecular formula is C25H33N7O. The molecule has 1 aromatic carbocycles. The molecule has 8 nitrogen and oxygen atoms in total. The highest BCUT2D eigenvalue weighted by Crippen LogP contribution is 2.20. The molecule has 1 saturated heterocycles. The van der Waals surface area contributed by atoms with Gasteiger partial charge in [-0.1, -0.05) is 31.5 Å². The zero-order valence-corrected chi connectivity index (χ0v) is 20.2. The Morgan fingerprint density at radius 1 is 0.970 bits per heavy atom. The average molecular weight is 448 g/mol. The van der Waals surface area contributed by atoms with Gasteiger partial charge in [0.05, 0.1) is 17.9 Å². The van der Waals surface area contributed by atoms with E-state index in [-0.39, 0.29) is 5.91 Å². The number of aryl methyl sites for hydroxylation is 3. The summed E-state index contributed by atoms with van der Waals surface area (Å²) in [6.07, 6.45) is 0. The highest BCUT2D eigenvalue weighted by Gasteiger charge is 2.22. The molecule has 0 bridgehead atoms. The van der Waals surface area contributed by atoms with Crippen LogP contribution in [-0.2, 0) is 4.79 Å². The van der Waals surface area contributed by atoms with Gasteiger partial charge in [0.1, 0.15) is 17.5 Å². The van der Waals surface area contributed by atoms with Crippen molar-refractivity contribution in [3.05, 3.63) is 59.2 Å². The van der Waals surface area contributed by atoms with Crippen LogP contribution in [0.4, 0.5) is 11.6 Å². The van der Waals surface area contributed by atoms with Gasteiger partial charge in [0, 0.05) is 49.9 Å². The van der Waals surface area contributed by atoms with E-state index in [9.17, 15) is 4.79 Å². The van der Waals surface area contributed by atoms with Crippen molar-refractivity contribution in [3.8, 4) is 5.69 Å². The number of carbonyl (C=O) groups is 1. The van der Waals surface area contributed by atoms with Crippen molar-refractivity contribution in [1.82, 2.24) is 24.6 Å². The van der Waals surface area contributed by atoms with Crippen molar-refractivity contribution >= 4 is 17.5 Å². The van der Waals surface area contributed by atoms with Crippen LogP contribution in [0, 0.1) is 20.8 Å². The smallest absolute Gasteiger partial charge is 0.239 e. The van der Waals surface area contributed by atoms with Crippen LogP contribution in [0.5, 0.6) is 0 Å². The summed E-state index contributed by atoms with van der Waals surface area (Å²) in [6.45, 7) is 13.9. The molecule has 1 aliphatic rings. The number of anilines is 2. The monoisotopic (exact) mass is 447 g/mol. The van der Waals surface area contributed by atoms with Crippen LogP contribution in [0.1, 0.15) is 42.5 Å². The Bertz CT molecular complexity index is 1110. The molecule has 33 heavy (non-hydrogen) atoms. The Balaban J connectivity index is 1.36. The van der Waals surface area contributed by atoms with Crippen molar-refractivity contribution in [2.24, 2.45) is 0 Å². The van der Waals surface area contributed by atoms with Gasteiger partial charge in [0.2, 0.25) is 5.91 Å². The minimum Gasteiger partial charge on any atom is -0.354 e. The van der Waals surface area contributed by atoms with Crippen molar-refractivity contribution < 1.29 is 4.79 Å². The first-order valence-corrected chi connectivity index (χ1v) is 11.5. The molecule has 1 aliphatic heterocycles. The van der Waals surface area contributed by atoms with E-state index in [4.69, 9.17) is 4.98 Å². The van der Waals surface area contributed by atoms with Crippen LogP contribution in [0.2, 0.25) is 0 Å². The topological polar surface area (TPSA) is 79.2 Å². The second-order valence-corrected chi connectivity index (χ2v) is 9.11. The SMILES string of the molecule is Cc1ccc(-n2nc(C)cc2NC(=O)CN2CCN(c3cc(C)nc(C(C)C)n3)CC2)cc1. The second-order valence-electron chi connectivity index (χ2n) is 9.11. The highest BCUT2D eigenvalue weighted by molar-refractivity contribution is 5.91. The molecule has 4 rings (SSSR count). The Hall–Kier alpha value is -3.26. The van der Waals surface area contributed by atoms with Crippen LogP contribution in [-0.4, -0.2) is 63.3 Å². The lowest BCUT2D eigenvalue weighted by molar-refractivity contribution is -0.117. The lowest BCUT2D eigenvalue weighted by Crippen LogP contribution is -2.49. The normalized spacial score (nSPS) is 14.7. The summed E-state index contributed by atoms with van der Waals surface area (Å²) in [6, 6.07) is 12.1. The fraction of sp³-hybridized carbons (Fsp3) is 0.440. The van der Waals surface area contributed by atoms with Gasteiger partial charge in [-0.25, -0.2) is 14.6 Å².